The zero-order valence-corrected chi connectivity index (χ0v) is 17.7. The summed E-state index contributed by atoms with van der Waals surface area (Å²) in [5, 5.41) is 4.25. The van der Waals surface area contributed by atoms with E-state index in [9.17, 15) is 9.59 Å². The fourth-order valence-electron chi connectivity index (χ4n) is 3.81. The van der Waals surface area contributed by atoms with Crippen LogP contribution >= 0.6 is 0 Å². The molecule has 4 nitrogen and oxygen atoms in total. The van der Waals surface area contributed by atoms with Crippen LogP contribution in [0.1, 0.15) is 35.0 Å². The van der Waals surface area contributed by atoms with Gasteiger partial charge in [-0.15, -0.1) is 0 Å². The lowest BCUT2D eigenvalue weighted by molar-refractivity contribution is 0.0905. The summed E-state index contributed by atoms with van der Waals surface area (Å²) in [5.41, 5.74) is 3.24. The first-order valence-corrected chi connectivity index (χ1v) is 10.5. The van der Waals surface area contributed by atoms with Crippen LogP contribution in [-0.2, 0) is 6.42 Å². The van der Waals surface area contributed by atoms with E-state index in [1.165, 1.54) is 0 Å². The first-order valence-electron chi connectivity index (χ1n) is 10.5. The van der Waals surface area contributed by atoms with Gasteiger partial charge in [0, 0.05) is 17.0 Å². The fourth-order valence-corrected chi connectivity index (χ4v) is 3.81. The quantitative estimate of drug-likeness (QED) is 0.454. The molecule has 1 unspecified atom stereocenters. The second-order valence-corrected chi connectivity index (χ2v) is 7.77. The summed E-state index contributed by atoms with van der Waals surface area (Å²) in [4.78, 5) is 26.0. The van der Waals surface area contributed by atoms with Gasteiger partial charge in [0.25, 0.3) is 5.91 Å². The predicted octanol–water partition coefficient (Wildman–Crippen LogP) is 5.52. The molecule has 0 aliphatic carbocycles. The normalized spacial score (nSPS) is 11.9. The Morgan fingerprint density at radius 2 is 1.55 bits per heavy atom. The van der Waals surface area contributed by atoms with Gasteiger partial charge in [-0.05, 0) is 37.0 Å². The van der Waals surface area contributed by atoms with Crippen LogP contribution in [0.25, 0.3) is 21.9 Å². The zero-order chi connectivity index (χ0) is 21.8. The van der Waals surface area contributed by atoms with E-state index in [1.807, 2.05) is 80.6 Å². The first kappa shape index (κ1) is 20.6. The van der Waals surface area contributed by atoms with Crippen LogP contribution in [0.3, 0.4) is 0 Å². The lowest BCUT2D eigenvalue weighted by Gasteiger charge is -2.18. The van der Waals surface area contributed by atoms with Crippen molar-refractivity contribution in [1.82, 2.24) is 5.32 Å². The minimum Gasteiger partial charge on any atom is -0.416 e. The third kappa shape index (κ3) is 4.43. The number of rotatable bonds is 6. The molecule has 0 aliphatic rings. The average Bonchev–Trinajstić information content (AvgIpc) is 2.80. The van der Waals surface area contributed by atoms with Gasteiger partial charge in [-0.2, -0.15) is 0 Å². The molecule has 156 valence electrons. The molecule has 0 saturated heterocycles. The van der Waals surface area contributed by atoms with E-state index < -0.39 is 5.63 Å². The smallest absolute Gasteiger partial charge is 0.344 e. The van der Waals surface area contributed by atoms with E-state index in [2.05, 4.69) is 5.32 Å². The van der Waals surface area contributed by atoms with E-state index in [-0.39, 0.29) is 17.7 Å². The zero-order valence-electron chi connectivity index (χ0n) is 17.7. The fraction of sp³-hybridized carbons (Fsp3) is 0.185. The summed E-state index contributed by atoms with van der Waals surface area (Å²) in [6, 6.07) is 25.1. The van der Waals surface area contributed by atoms with Crippen LogP contribution in [0.4, 0.5) is 0 Å². The van der Waals surface area contributed by atoms with Crippen LogP contribution in [0.15, 0.2) is 88.1 Å². The molecule has 1 aromatic heterocycles. The van der Waals surface area contributed by atoms with Gasteiger partial charge in [0.2, 0.25) is 5.76 Å². The third-order valence-corrected chi connectivity index (χ3v) is 5.54. The maximum absolute atomic E-state index is 13.3. The van der Waals surface area contributed by atoms with Crippen molar-refractivity contribution in [2.45, 2.75) is 32.7 Å². The number of hydrogen-bond donors (Lipinski definition) is 1. The highest BCUT2D eigenvalue weighted by molar-refractivity contribution is 6.07. The molecule has 0 fully saturated rings. The number of fused-ring (bicyclic) bond motifs is 1. The largest absolute Gasteiger partial charge is 0.416 e. The Labute approximate surface area is 181 Å². The van der Waals surface area contributed by atoms with Crippen molar-refractivity contribution in [3.8, 4) is 11.1 Å². The molecule has 0 spiro atoms. The highest BCUT2D eigenvalue weighted by Gasteiger charge is 2.23. The Hall–Kier alpha value is -3.66. The second-order valence-electron chi connectivity index (χ2n) is 7.77. The Morgan fingerprint density at radius 3 is 2.23 bits per heavy atom. The van der Waals surface area contributed by atoms with E-state index in [0.29, 0.717) is 22.8 Å². The van der Waals surface area contributed by atoms with Crippen LogP contribution in [0.2, 0.25) is 0 Å². The minimum atomic E-state index is -0.507. The number of carbonyl (C=O) groups is 1. The molecular weight excluding hydrogens is 386 g/mol. The summed E-state index contributed by atoms with van der Waals surface area (Å²) in [7, 11) is 0. The minimum absolute atomic E-state index is 0.0547. The van der Waals surface area contributed by atoms with E-state index in [1.54, 1.807) is 12.1 Å². The van der Waals surface area contributed by atoms with Crippen molar-refractivity contribution in [2.75, 3.05) is 0 Å². The van der Waals surface area contributed by atoms with Crippen molar-refractivity contribution in [1.29, 1.82) is 0 Å². The number of benzene rings is 3. The van der Waals surface area contributed by atoms with Gasteiger partial charge in [-0.1, -0.05) is 85.3 Å². The van der Waals surface area contributed by atoms with Crippen molar-refractivity contribution in [3.05, 3.63) is 106 Å². The van der Waals surface area contributed by atoms with Crippen molar-refractivity contribution >= 4 is 16.7 Å². The molecule has 0 radical (unpaired) electrons. The van der Waals surface area contributed by atoms with Crippen molar-refractivity contribution in [2.24, 2.45) is 0 Å². The molecule has 4 aromatic rings. The molecule has 3 aromatic carbocycles. The van der Waals surface area contributed by atoms with E-state index >= 15 is 0 Å². The van der Waals surface area contributed by atoms with Gasteiger partial charge in [0.05, 0.1) is 5.39 Å². The van der Waals surface area contributed by atoms with Gasteiger partial charge < -0.3 is 9.73 Å². The summed E-state index contributed by atoms with van der Waals surface area (Å²) >= 11 is 0. The third-order valence-electron chi connectivity index (χ3n) is 5.54. The SMILES string of the molecule is CCC(Cc1ccccc1)NC(=O)c1oc(=O)c2ccccc2c1-c1ccc(C)cc1. The molecule has 0 saturated carbocycles. The molecule has 1 amide bonds. The molecule has 4 rings (SSSR count). The van der Waals surface area contributed by atoms with Gasteiger partial charge in [0.1, 0.15) is 0 Å². The lowest BCUT2D eigenvalue weighted by Crippen LogP contribution is -2.36. The number of aryl methyl sites for hydroxylation is 1. The Bertz CT molecular complexity index is 1260. The standard InChI is InChI=1S/C27H25NO3/c1-3-21(17-19-9-5-4-6-10-19)28-26(29)25-24(20-15-13-18(2)14-16-20)22-11-7-8-12-23(22)27(30)31-25/h4-16,21H,3,17H2,1-2H3,(H,28,29). The van der Waals surface area contributed by atoms with Crippen LogP contribution in [0, 0.1) is 6.92 Å². The van der Waals surface area contributed by atoms with Crippen molar-refractivity contribution in [3.63, 3.8) is 0 Å². The highest BCUT2D eigenvalue weighted by atomic mass is 16.4. The maximum atomic E-state index is 13.3. The van der Waals surface area contributed by atoms with Crippen LogP contribution in [-0.4, -0.2) is 11.9 Å². The van der Waals surface area contributed by atoms with Crippen LogP contribution in [0.5, 0.6) is 0 Å². The Kier molecular flexibility index (Phi) is 5.99. The number of carbonyl (C=O) groups excluding carboxylic acids is 1. The average molecular weight is 412 g/mol. The summed E-state index contributed by atoms with van der Waals surface area (Å²) in [6.45, 7) is 4.04. The molecule has 1 atom stereocenters. The molecular formula is C27H25NO3. The summed E-state index contributed by atoms with van der Waals surface area (Å²) in [6.07, 6.45) is 1.47. The van der Waals surface area contributed by atoms with Crippen molar-refractivity contribution < 1.29 is 9.21 Å². The summed E-state index contributed by atoms with van der Waals surface area (Å²) in [5.74, 6) is -0.319. The lowest BCUT2D eigenvalue weighted by atomic mass is 9.97. The van der Waals surface area contributed by atoms with Crippen LogP contribution < -0.4 is 10.9 Å². The number of amides is 1. The molecule has 1 heterocycles. The maximum Gasteiger partial charge on any atom is 0.344 e. The predicted molar refractivity (Wildman–Crippen MR) is 124 cm³/mol. The van der Waals surface area contributed by atoms with E-state index in [4.69, 9.17) is 4.42 Å². The topological polar surface area (TPSA) is 59.3 Å². The Balaban J connectivity index is 1.77. The van der Waals surface area contributed by atoms with E-state index in [0.717, 1.165) is 23.1 Å². The first-order chi connectivity index (χ1) is 15.1. The summed E-state index contributed by atoms with van der Waals surface area (Å²) < 4.78 is 5.60. The molecule has 1 N–H and O–H groups in total. The van der Waals surface area contributed by atoms with Gasteiger partial charge in [-0.3, -0.25) is 4.79 Å². The molecule has 0 bridgehead atoms. The highest BCUT2D eigenvalue weighted by Crippen LogP contribution is 2.31. The molecule has 31 heavy (non-hydrogen) atoms. The number of nitrogens with one attached hydrogen (secondary N) is 1. The second kappa shape index (κ2) is 9.00. The monoisotopic (exact) mass is 411 g/mol. The molecule has 4 heteroatoms. The van der Waals surface area contributed by atoms with Gasteiger partial charge in [0.15, 0.2) is 0 Å². The Morgan fingerprint density at radius 1 is 0.903 bits per heavy atom. The molecule has 0 aliphatic heterocycles. The van der Waals surface area contributed by atoms with Gasteiger partial charge in [-0.25, -0.2) is 4.79 Å². The number of hydrogen-bond acceptors (Lipinski definition) is 3. The van der Waals surface area contributed by atoms with Gasteiger partial charge >= 0.3 is 5.63 Å².